The van der Waals surface area contributed by atoms with Crippen molar-refractivity contribution in [3.05, 3.63) is 18.2 Å². The van der Waals surface area contributed by atoms with Gasteiger partial charge in [0.25, 0.3) is 0 Å². The van der Waals surface area contributed by atoms with Crippen LogP contribution in [0.5, 0.6) is 0 Å². The van der Waals surface area contributed by atoms with Gasteiger partial charge in [0.05, 0.1) is 25.6 Å². The summed E-state index contributed by atoms with van der Waals surface area (Å²) in [5, 5.41) is 48.9. The average Bonchev–Trinajstić information content (AvgIpc) is 3.72. The first-order valence-corrected chi connectivity index (χ1v) is 20.7. The summed E-state index contributed by atoms with van der Waals surface area (Å²) in [6.45, 7) is 10.7. The largest absolute Gasteiger partial charge is 0.480 e. The molecule has 0 aromatic carbocycles. The number of nitrogens with zero attached hydrogens (tertiary/aromatic N) is 1. The van der Waals surface area contributed by atoms with E-state index in [0.717, 1.165) is 0 Å². The lowest BCUT2D eigenvalue weighted by Crippen LogP contribution is -2.62. The van der Waals surface area contributed by atoms with Crippen molar-refractivity contribution in [1.29, 1.82) is 0 Å². The Bertz CT molecular complexity index is 1770. The number of carbonyl (C=O) groups excluding carboxylic acids is 9. The molecule has 0 aliphatic rings. The number of hydrogen-bond donors (Lipinski definition) is 14. The van der Waals surface area contributed by atoms with Crippen LogP contribution in [0.3, 0.4) is 0 Å². The van der Waals surface area contributed by atoms with Gasteiger partial charge in [-0.2, -0.15) is 0 Å². The molecule has 0 fully saturated rings. The molecule has 64 heavy (non-hydrogen) atoms. The zero-order valence-electron chi connectivity index (χ0n) is 37.4. The number of nitrogens with two attached hydrogens (primary N) is 2. The number of primary amides is 1. The predicted molar refractivity (Wildman–Crippen MR) is 226 cm³/mol. The highest BCUT2D eigenvalue weighted by atomic mass is 16.4. The molecule has 0 saturated heterocycles. The van der Waals surface area contributed by atoms with E-state index in [-0.39, 0.29) is 37.5 Å². The molecular formula is C39H66N12O13. The third-order valence-electron chi connectivity index (χ3n) is 9.54. The Kier molecular flexibility index (Phi) is 23.6. The van der Waals surface area contributed by atoms with Gasteiger partial charge in [0.15, 0.2) is 0 Å². The van der Waals surface area contributed by atoms with Crippen LogP contribution in [0.15, 0.2) is 12.5 Å². The monoisotopic (exact) mass is 910 g/mol. The first-order chi connectivity index (χ1) is 29.8. The van der Waals surface area contributed by atoms with Crippen LogP contribution in [-0.4, -0.2) is 152 Å². The predicted octanol–water partition coefficient (Wildman–Crippen LogP) is -5.11. The molecule has 0 saturated carbocycles. The van der Waals surface area contributed by atoms with E-state index in [9.17, 15) is 63.3 Å². The SMILES string of the molecule is CC(C)C[C@H](NC(=O)[C@H](C)NC(=O)[C@@H](NC(=O)[C@H](C)N)C(C)C)C(=O)N[C@@H](Cc1cnc[nH]1)C(=O)N[C@@H](CO)C(=O)N[C@@H](CO)C(=O)N[C@H](C(=O)N[C@@H](CCC(N)=O)C(=O)O)C(C)C. The summed E-state index contributed by atoms with van der Waals surface area (Å²) in [6, 6.07) is -12.3. The number of aliphatic carboxylic acids is 1. The van der Waals surface area contributed by atoms with E-state index in [1.54, 1.807) is 27.7 Å². The number of amides is 9. The second-order valence-corrected chi connectivity index (χ2v) is 16.4. The van der Waals surface area contributed by atoms with Gasteiger partial charge in [-0.15, -0.1) is 0 Å². The van der Waals surface area contributed by atoms with Crippen LogP contribution >= 0.6 is 0 Å². The molecule has 0 radical (unpaired) electrons. The molecule has 25 nitrogen and oxygen atoms in total. The lowest BCUT2D eigenvalue weighted by molar-refractivity contribution is -0.143. The van der Waals surface area contributed by atoms with E-state index in [4.69, 9.17) is 11.5 Å². The van der Waals surface area contributed by atoms with E-state index in [1.807, 2.05) is 0 Å². The summed E-state index contributed by atoms with van der Waals surface area (Å²) in [5.74, 6) is -10.6. The molecule has 0 unspecified atom stereocenters. The first-order valence-electron chi connectivity index (χ1n) is 20.7. The normalized spacial score (nSPS) is 15.5. The Balaban J connectivity index is 3.20. The number of carboxylic acids is 1. The number of hydrogen-bond acceptors (Lipinski definition) is 14. The Morgan fingerprint density at radius 3 is 1.47 bits per heavy atom. The molecule has 9 amide bonds. The van der Waals surface area contributed by atoms with Gasteiger partial charge >= 0.3 is 5.97 Å². The molecule has 9 atom stereocenters. The van der Waals surface area contributed by atoms with E-state index < -0.39 is 133 Å². The number of H-pyrrole nitrogens is 1. The van der Waals surface area contributed by atoms with Crippen LogP contribution in [-0.2, 0) is 54.4 Å². The van der Waals surface area contributed by atoms with Crippen molar-refractivity contribution < 1.29 is 63.3 Å². The van der Waals surface area contributed by atoms with Crippen LogP contribution in [0.2, 0.25) is 0 Å². The van der Waals surface area contributed by atoms with Crippen LogP contribution in [0.4, 0.5) is 0 Å². The van der Waals surface area contributed by atoms with Gasteiger partial charge in [-0.1, -0.05) is 41.5 Å². The zero-order valence-corrected chi connectivity index (χ0v) is 37.4. The molecule has 1 aromatic rings. The average molecular weight is 911 g/mol. The lowest BCUT2D eigenvalue weighted by atomic mass is 10.0. The molecule has 360 valence electrons. The number of aromatic nitrogens is 2. The molecule has 0 spiro atoms. The van der Waals surface area contributed by atoms with Gasteiger partial charge < -0.3 is 74.3 Å². The van der Waals surface area contributed by atoms with E-state index in [2.05, 4.69) is 52.5 Å². The number of nitrogens with one attached hydrogen (secondary N) is 9. The summed E-state index contributed by atoms with van der Waals surface area (Å²) >= 11 is 0. The number of aliphatic hydroxyl groups excluding tert-OH is 2. The third-order valence-corrected chi connectivity index (χ3v) is 9.54. The number of carbonyl (C=O) groups is 10. The van der Waals surface area contributed by atoms with Crippen molar-refractivity contribution in [2.45, 2.75) is 135 Å². The highest BCUT2D eigenvalue weighted by Crippen LogP contribution is 2.10. The molecule has 25 heteroatoms. The maximum absolute atomic E-state index is 13.8. The summed E-state index contributed by atoms with van der Waals surface area (Å²) in [4.78, 5) is 135. The van der Waals surface area contributed by atoms with Crippen molar-refractivity contribution in [3.8, 4) is 0 Å². The van der Waals surface area contributed by atoms with Crippen molar-refractivity contribution in [2.24, 2.45) is 29.2 Å². The molecule has 1 aromatic heterocycles. The molecule has 0 aliphatic carbocycles. The Morgan fingerprint density at radius 1 is 0.594 bits per heavy atom. The first kappa shape index (κ1) is 55.8. The minimum absolute atomic E-state index is 0.0662. The van der Waals surface area contributed by atoms with Gasteiger partial charge in [-0.3, -0.25) is 43.2 Å². The second-order valence-electron chi connectivity index (χ2n) is 16.4. The van der Waals surface area contributed by atoms with Crippen LogP contribution in [0.25, 0.3) is 0 Å². The van der Waals surface area contributed by atoms with Crippen molar-refractivity contribution >= 4 is 59.1 Å². The number of aliphatic hydroxyl groups is 2. The summed E-state index contributed by atoms with van der Waals surface area (Å²) < 4.78 is 0. The fourth-order valence-corrected chi connectivity index (χ4v) is 5.81. The molecule has 16 N–H and O–H groups in total. The summed E-state index contributed by atoms with van der Waals surface area (Å²) in [5.41, 5.74) is 11.1. The lowest BCUT2D eigenvalue weighted by Gasteiger charge is -2.28. The maximum Gasteiger partial charge on any atom is 0.326 e. The quantitative estimate of drug-likeness (QED) is 0.0374. The van der Waals surface area contributed by atoms with Crippen LogP contribution < -0.4 is 54.0 Å². The fourth-order valence-electron chi connectivity index (χ4n) is 5.81. The van der Waals surface area contributed by atoms with Gasteiger partial charge in [0.2, 0.25) is 53.2 Å². The van der Waals surface area contributed by atoms with Crippen LogP contribution in [0.1, 0.15) is 80.3 Å². The zero-order chi connectivity index (χ0) is 49.0. The van der Waals surface area contributed by atoms with E-state index >= 15 is 0 Å². The van der Waals surface area contributed by atoms with Crippen molar-refractivity contribution in [3.63, 3.8) is 0 Å². The van der Waals surface area contributed by atoms with Gasteiger partial charge in [-0.25, -0.2) is 9.78 Å². The molecule has 0 aliphatic heterocycles. The minimum atomic E-state index is -1.77. The highest BCUT2D eigenvalue weighted by Gasteiger charge is 2.35. The second kappa shape index (κ2) is 27.1. The Hall–Kier alpha value is -6.21. The number of carboxylic acid groups (broad SMARTS) is 1. The number of rotatable bonds is 28. The Morgan fingerprint density at radius 2 is 1.03 bits per heavy atom. The standard InChI is InChI=1S/C39H66N12O13/c1-17(2)11-24(46-32(56)21(8)44-37(61)29(18(3)4)50-31(55)20(7)40)33(57)47-25(12-22-13-42-16-43-22)34(58)48-26(14-52)35(59)49-27(15-53)36(60)51-30(19(5)6)38(62)45-23(39(63)64)9-10-28(41)54/h13,16-21,23-27,29-30,52-53H,9-12,14-15,40H2,1-8H3,(H2,41,54)(H,42,43)(H,44,61)(H,45,62)(H,46,56)(H,47,57)(H,48,58)(H,49,59)(H,50,55)(H,51,60)(H,63,64)/t20-,21-,23-,24-,25-,26-,27-,29-,30-/m0/s1. The topological polar surface area (TPSA) is 408 Å². The van der Waals surface area contributed by atoms with E-state index in [0.29, 0.717) is 5.69 Å². The number of aromatic amines is 1. The smallest absolute Gasteiger partial charge is 0.326 e. The van der Waals surface area contributed by atoms with Crippen LogP contribution in [0, 0.1) is 17.8 Å². The van der Waals surface area contributed by atoms with E-state index in [1.165, 1.54) is 40.2 Å². The van der Waals surface area contributed by atoms with Crippen molar-refractivity contribution in [2.75, 3.05) is 13.2 Å². The molecule has 1 heterocycles. The maximum atomic E-state index is 13.8. The summed E-state index contributed by atoms with van der Waals surface area (Å²) in [6.07, 6.45) is 1.81. The highest BCUT2D eigenvalue weighted by molar-refractivity contribution is 5.98. The molecule has 0 bridgehead atoms. The third kappa shape index (κ3) is 19.0. The number of imidazole rings is 1. The minimum Gasteiger partial charge on any atom is -0.480 e. The molecule has 1 rings (SSSR count). The van der Waals surface area contributed by atoms with Crippen molar-refractivity contribution in [1.82, 2.24) is 52.5 Å². The molecular weight excluding hydrogens is 844 g/mol. The fraction of sp³-hybridized carbons (Fsp3) is 0.667. The van der Waals surface area contributed by atoms with Gasteiger partial charge in [0, 0.05) is 24.7 Å². The summed E-state index contributed by atoms with van der Waals surface area (Å²) in [7, 11) is 0. The Labute approximate surface area is 370 Å². The van der Waals surface area contributed by atoms with Gasteiger partial charge in [-0.05, 0) is 44.4 Å². The van der Waals surface area contributed by atoms with Gasteiger partial charge in [0.1, 0.15) is 48.3 Å².